The number of thiophene rings is 2. The molecule has 1 saturated heterocycles. The van der Waals surface area contributed by atoms with Gasteiger partial charge in [-0.2, -0.15) is 4.31 Å². The summed E-state index contributed by atoms with van der Waals surface area (Å²) in [6, 6.07) is 10.9. The number of H-pyrrole nitrogens is 1. The van der Waals surface area contributed by atoms with Crippen molar-refractivity contribution in [3.8, 4) is 9.75 Å². The molecule has 0 radical (unpaired) electrons. The fraction of sp³-hybridized carbons (Fsp3) is 0.200. The molecule has 7 nitrogen and oxygen atoms in total. The molecule has 0 saturated carbocycles. The predicted octanol–water partition coefficient (Wildman–Crippen LogP) is 4.04. The summed E-state index contributed by atoms with van der Waals surface area (Å²) < 4.78 is 28.3. The van der Waals surface area contributed by atoms with Crippen LogP contribution in [0, 0.1) is 0 Å². The standard InChI is InChI=1S/C20H17ClN4O3S3/c21-18-3-1-16(29-18)17-2-4-20(30-17)31(27,28)25-8-7-24(19(26)12-25)11-14-9-13-10-22-6-5-15(13)23-14/h1-6,9-10,23H,7-8,11-12H2. The second kappa shape index (κ2) is 8.03. The van der Waals surface area contributed by atoms with Gasteiger partial charge in [-0.25, -0.2) is 8.42 Å². The van der Waals surface area contributed by atoms with Gasteiger partial charge in [-0.3, -0.25) is 9.78 Å². The summed E-state index contributed by atoms with van der Waals surface area (Å²) in [7, 11) is -3.73. The number of fused-ring (bicyclic) bond motifs is 1. The molecule has 0 spiro atoms. The average Bonchev–Trinajstić information content (AvgIpc) is 3.48. The molecule has 0 bridgehead atoms. The predicted molar refractivity (Wildman–Crippen MR) is 123 cm³/mol. The van der Waals surface area contributed by atoms with Crippen molar-refractivity contribution in [3.05, 3.63) is 58.8 Å². The molecular weight excluding hydrogens is 476 g/mol. The number of rotatable bonds is 5. The minimum absolute atomic E-state index is 0.165. The lowest BCUT2D eigenvalue weighted by molar-refractivity contribution is -0.134. The monoisotopic (exact) mass is 492 g/mol. The second-order valence-electron chi connectivity index (χ2n) is 7.13. The number of carbonyl (C=O) groups excluding carboxylic acids is 1. The third-order valence-corrected chi connectivity index (χ3v) is 9.94. The molecule has 1 fully saturated rings. The zero-order valence-corrected chi connectivity index (χ0v) is 19.3. The van der Waals surface area contributed by atoms with Crippen molar-refractivity contribution in [2.24, 2.45) is 0 Å². The first-order valence-electron chi connectivity index (χ1n) is 9.45. The number of nitrogens with zero attached hydrogens (tertiary/aromatic N) is 3. The van der Waals surface area contributed by atoms with Crippen molar-refractivity contribution in [2.75, 3.05) is 19.6 Å². The van der Waals surface area contributed by atoms with Crippen molar-refractivity contribution in [2.45, 2.75) is 10.8 Å². The Morgan fingerprint density at radius 3 is 2.65 bits per heavy atom. The van der Waals surface area contributed by atoms with Crippen LogP contribution in [0.5, 0.6) is 0 Å². The molecule has 0 aliphatic carbocycles. The van der Waals surface area contributed by atoms with E-state index < -0.39 is 10.0 Å². The van der Waals surface area contributed by atoms with Gasteiger partial charge in [0.15, 0.2) is 0 Å². The molecule has 1 aliphatic heterocycles. The quantitative estimate of drug-likeness (QED) is 0.455. The van der Waals surface area contributed by atoms with Gasteiger partial charge >= 0.3 is 0 Å². The van der Waals surface area contributed by atoms with Gasteiger partial charge in [0, 0.05) is 51.8 Å². The summed E-state index contributed by atoms with van der Waals surface area (Å²) in [6.07, 6.45) is 3.47. The Balaban J connectivity index is 1.29. The number of hydrogen-bond donors (Lipinski definition) is 1. The second-order valence-corrected chi connectivity index (χ2v) is 12.1. The largest absolute Gasteiger partial charge is 0.357 e. The normalized spacial score (nSPS) is 15.8. The van der Waals surface area contributed by atoms with E-state index in [0.717, 1.165) is 26.4 Å². The molecule has 5 rings (SSSR count). The minimum Gasteiger partial charge on any atom is -0.357 e. The van der Waals surface area contributed by atoms with Crippen molar-refractivity contribution in [3.63, 3.8) is 0 Å². The van der Waals surface area contributed by atoms with E-state index in [1.165, 1.54) is 27.0 Å². The van der Waals surface area contributed by atoms with E-state index in [1.807, 2.05) is 18.2 Å². The Labute approximate surface area is 192 Å². The Hall–Kier alpha value is -2.24. The zero-order chi connectivity index (χ0) is 21.6. The lowest BCUT2D eigenvalue weighted by atomic mass is 10.3. The van der Waals surface area contributed by atoms with Crippen LogP contribution in [0.25, 0.3) is 20.7 Å². The highest BCUT2D eigenvalue weighted by atomic mass is 35.5. The smallest absolute Gasteiger partial charge is 0.253 e. The lowest BCUT2D eigenvalue weighted by Gasteiger charge is -2.33. The fourth-order valence-corrected chi connectivity index (χ4v) is 7.52. The third-order valence-electron chi connectivity index (χ3n) is 5.11. The lowest BCUT2D eigenvalue weighted by Crippen LogP contribution is -2.51. The first-order valence-corrected chi connectivity index (χ1v) is 12.9. The highest BCUT2D eigenvalue weighted by molar-refractivity contribution is 7.91. The highest BCUT2D eigenvalue weighted by Crippen LogP contribution is 2.37. The van der Waals surface area contributed by atoms with Crippen LogP contribution in [-0.2, 0) is 21.4 Å². The molecule has 31 heavy (non-hydrogen) atoms. The Bertz CT molecular complexity index is 1340. The van der Waals surface area contributed by atoms with Gasteiger partial charge in [-0.05, 0) is 36.4 Å². The number of piperazine rings is 1. The molecule has 4 aromatic heterocycles. The first kappa shape index (κ1) is 20.7. The SMILES string of the molecule is O=C1CN(S(=O)(=O)c2ccc(-c3ccc(Cl)s3)s2)CCN1Cc1cc2cnccc2[nH]1. The van der Waals surface area contributed by atoms with E-state index in [9.17, 15) is 13.2 Å². The summed E-state index contributed by atoms with van der Waals surface area (Å²) in [5, 5.41) is 0.978. The summed E-state index contributed by atoms with van der Waals surface area (Å²) in [4.78, 5) is 23.5. The van der Waals surface area contributed by atoms with E-state index in [2.05, 4.69) is 9.97 Å². The Morgan fingerprint density at radius 2 is 1.90 bits per heavy atom. The molecule has 160 valence electrons. The van der Waals surface area contributed by atoms with Crippen LogP contribution >= 0.6 is 34.3 Å². The summed E-state index contributed by atoms with van der Waals surface area (Å²) in [5.41, 5.74) is 1.85. The van der Waals surface area contributed by atoms with Crippen molar-refractivity contribution in [1.29, 1.82) is 0 Å². The summed E-state index contributed by atoms with van der Waals surface area (Å²) >= 11 is 8.58. The molecule has 1 aliphatic rings. The number of carbonyl (C=O) groups is 1. The van der Waals surface area contributed by atoms with Gasteiger partial charge in [0.2, 0.25) is 5.91 Å². The number of nitrogens with one attached hydrogen (secondary N) is 1. The van der Waals surface area contributed by atoms with Crippen molar-refractivity contribution < 1.29 is 13.2 Å². The molecule has 1 N–H and O–H groups in total. The van der Waals surface area contributed by atoms with Crippen molar-refractivity contribution >= 4 is 61.1 Å². The van der Waals surface area contributed by atoms with Gasteiger partial charge in [0.1, 0.15) is 4.21 Å². The van der Waals surface area contributed by atoms with Crippen LogP contribution in [0.3, 0.4) is 0 Å². The molecule has 1 amide bonds. The Kier molecular flexibility index (Phi) is 5.35. The van der Waals surface area contributed by atoms with Gasteiger partial charge in [-0.15, -0.1) is 22.7 Å². The van der Waals surface area contributed by atoms with Crippen LogP contribution in [0.2, 0.25) is 4.34 Å². The van der Waals surface area contributed by atoms with Crippen LogP contribution in [0.1, 0.15) is 5.69 Å². The molecule has 0 unspecified atom stereocenters. The van der Waals surface area contributed by atoms with E-state index in [1.54, 1.807) is 35.5 Å². The van der Waals surface area contributed by atoms with Gasteiger partial charge in [0.05, 0.1) is 17.4 Å². The summed E-state index contributed by atoms with van der Waals surface area (Å²) in [5.74, 6) is -0.214. The molecule has 5 heterocycles. The van der Waals surface area contributed by atoms with E-state index in [-0.39, 0.29) is 23.2 Å². The van der Waals surface area contributed by atoms with Gasteiger partial charge in [0.25, 0.3) is 10.0 Å². The average molecular weight is 493 g/mol. The Morgan fingerprint density at radius 1 is 1.10 bits per heavy atom. The number of amides is 1. The maximum atomic E-state index is 13.1. The molecule has 0 atom stereocenters. The van der Waals surface area contributed by atoms with E-state index in [0.29, 0.717) is 17.4 Å². The van der Waals surface area contributed by atoms with E-state index >= 15 is 0 Å². The summed E-state index contributed by atoms with van der Waals surface area (Å²) in [6.45, 7) is 0.838. The number of halogens is 1. The zero-order valence-electron chi connectivity index (χ0n) is 16.1. The maximum absolute atomic E-state index is 13.1. The highest BCUT2D eigenvalue weighted by Gasteiger charge is 2.34. The maximum Gasteiger partial charge on any atom is 0.253 e. The van der Waals surface area contributed by atoms with Crippen LogP contribution in [0.4, 0.5) is 0 Å². The number of pyridine rings is 1. The van der Waals surface area contributed by atoms with Gasteiger partial charge in [-0.1, -0.05) is 11.6 Å². The van der Waals surface area contributed by atoms with Gasteiger partial charge < -0.3 is 9.88 Å². The number of hydrogen-bond acceptors (Lipinski definition) is 6. The topological polar surface area (TPSA) is 86.4 Å². The minimum atomic E-state index is -3.73. The first-order chi connectivity index (χ1) is 14.9. The number of aromatic amines is 1. The van der Waals surface area contributed by atoms with Crippen molar-refractivity contribution in [1.82, 2.24) is 19.2 Å². The number of aromatic nitrogens is 2. The fourth-order valence-electron chi connectivity index (χ4n) is 3.55. The number of sulfonamides is 1. The molecule has 11 heteroatoms. The van der Waals surface area contributed by atoms with E-state index in [4.69, 9.17) is 11.6 Å². The van der Waals surface area contributed by atoms with Crippen LogP contribution < -0.4 is 0 Å². The third kappa shape index (κ3) is 4.01. The molecular formula is C20H17ClN4O3S3. The molecule has 4 aromatic rings. The van der Waals surface area contributed by atoms with Crippen LogP contribution in [0.15, 0.2) is 53.0 Å². The van der Waals surface area contributed by atoms with Crippen LogP contribution in [-0.4, -0.2) is 53.1 Å². The molecule has 0 aromatic carbocycles.